The summed E-state index contributed by atoms with van der Waals surface area (Å²) in [6.07, 6.45) is 2.21. The van der Waals surface area contributed by atoms with E-state index < -0.39 is 0 Å². The molecule has 2 aromatic carbocycles. The number of aromatic nitrogens is 3. The van der Waals surface area contributed by atoms with Gasteiger partial charge in [-0.1, -0.05) is 24.3 Å². The van der Waals surface area contributed by atoms with Gasteiger partial charge in [0, 0.05) is 23.4 Å². The van der Waals surface area contributed by atoms with Crippen molar-refractivity contribution in [3.63, 3.8) is 0 Å². The van der Waals surface area contributed by atoms with Crippen LogP contribution >= 0.6 is 0 Å². The lowest BCUT2D eigenvalue weighted by Crippen LogP contribution is -2.14. The summed E-state index contributed by atoms with van der Waals surface area (Å²) in [6.45, 7) is 1.92. The van der Waals surface area contributed by atoms with E-state index in [1.165, 1.54) is 0 Å². The van der Waals surface area contributed by atoms with Gasteiger partial charge in [-0.15, -0.1) is 0 Å². The Kier molecular flexibility index (Phi) is 4.47. The molecular weight excluding hydrogens is 376 g/mol. The smallest absolute Gasteiger partial charge is 0.256 e. The van der Waals surface area contributed by atoms with Crippen LogP contribution in [0.1, 0.15) is 40.5 Å². The molecule has 1 aliphatic rings. The monoisotopic (exact) mass is 398 g/mol. The molecule has 0 radical (unpaired) electrons. The number of benzene rings is 2. The quantitative estimate of drug-likeness (QED) is 0.521. The first-order valence-corrected chi connectivity index (χ1v) is 10.0. The number of carbonyl (C=O) groups excluding carboxylic acids is 1. The van der Waals surface area contributed by atoms with Gasteiger partial charge in [-0.05, 0) is 50.1 Å². The molecule has 0 bridgehead atoms. The largest absolute Gasteiger partial charge is 0.497 e. The summed E-state index contributed by atoms with van der Waals surface area (Å²) in [4.78, 5) is 18.2. The number of methoxy groups -OCH3 is 1. The maximum atomic E-state index is 13.3. The topological polar surface area (TPSA) is 69.0 Å². The SMILES string of the molecule is COc1cccc(NC(=O)c2cc(C3CC3)nc3c2c(C)nn3-c2ccccc2)c1. The second-order valence-electron chi connectivity index (χ2n) is 7.59. The van der Waals surface area contributed by atoms with Gasteiger partial charge in [-0.2, -0.15) is 5.10 Å². The van der Waals surface area contributed by atoms with E-state index in [0.29, 0.717) is 22.9 Å². The fourth-order valence-corrected chi connectivity index (χ4v) is 3.72. The summed E-state index contributed by atoms with van der Waals surface area (Å²) in [5.41, 5.74) is 4.67. The zero-order valence-corrected chi connectivity index (χ0v) is 16.9. The van der Waals surface area contributed by atoms with Gasteiger partial charge < -0.3 is 10.1 Å². The molecule has 6 nitrogen and oxygen atoms in total. The number of pyridine rings is 1. The molecule has 0 unspecified atom stereocenters. The van der Waals surface area contributed by atoms with E-state index in [-0.39, 0.29) is 5.91 Å². The van der Waals surface area contributed by atoms with E-state index >= 15 is 0 Å². The number of ether oxygens (including phenoxy) is 1. The van der Waals surface area contributed by atoms with Gasteiger partial charge in [-0.3, -0.25) is 4.79 Å². The molecule has 0 saturated heterocycles. The van der Waals surface area contributed by atoms with Crippen LogP contribution in [-0.4, -0.2) is 27.8 Å². The number of amides is 1. The highest BCUT2D eigenvalue weighted by Crippen LogP contribution is 2.40. The van der Waals surface area contributed by atoms with Crippen molar-refractivity contribution < 1.29 is 9.53 Å². The molecule has 0 atom stereocenters. The fraction of sp³-hybridized carbons (Fsp3) is 0.208. The Bertz CT molecular complexity index is 1240. The Morgan fingerprint density at radius 3 is 2.63 bits per heavy atom. The van der Waals surface area contributed by atoms with Gasteiger partial charge in [0.2, 0.25) is 0 Å². The third-order valence-electron chi connectivity index (χ3n) is 5.40. The van der Waals surface area contributed by atoms with Crippen molar-refractivity contribution in [2.75, 3.05) is 12.4 Å². The number of aryl methyl sites for hydroxylation is 1. The molecule has 0 aliphatic heterocycles. The molecule has 1 N–H and O–H groups in total. The molecule has 2 heterocycles. The number of anilines is 1. The van der Waals surface area contributed by atoms with Crippen LogP contribution in [0.2, 0.25) is 0 Å². The molecule has 2 aromatic heterocycles. The average Bonchev–Trinajstić information content (AvgIpc) is 3.57. The van der Waals surface area contributed by atoms with E-state index in [2.05, 4.69) is 5.32 Å². The summed E-state index contributed by atoms with van der Waals surface area (Å²) in [7, 11) is 1.61. The van der Waals surface area contributed by atoms with E-state index in [1.54, 1.807) is 13.2 Å². The van der Waals surface area contributed by atoms with E-state index in [4.69, 9.17) is 14.8 Å². The van der Waals surface area contributed by atoms with Gasteiger partial charge in [0.05, 0.1) is 29.4 Å². The normalized spacial score (nSPS) is 13.4. The molecular formula is C24H22N4O2. The first kappa shape index (κ1) is 18.4. The number of fused-ring (bicyclic) bond motifs is 1. The molecule has 150 valence electrons. The first-order chi connectivity index (χ1) is 14.6. The van der Waals surface area contributed by atoms with E-state index in [1.807, 2.05) is 66.2 Å². The summed E-state index contributed by atoms with van der Waals surface area (Å²) in [5, 5.41) is 8.50. The van der Waals surface area contributed by atoms with Crippen LogP contribution in [0.4, 0.5) is 5.69 Å². The highest BCUT2D eigenvalue weighted by molar-refractivity contribution is 6.13. The standard InChI is InChI=1S/C24H22N4O2/c1-15-22-20(24(29)25-17-7-6-10-19(13-17)30-2)14-21(16-11-12-16)26-23(22)28(27-15)18-8-4-3-5-9-18/h3-10,13-14,16H,11-12H2,1-2H3,(H,25,29). The molecule has 5 rings (SSSR count). The van der Waals surface area contributed by atoms with Crippen LogP contribution in [0.3, 0.4) is 0 Å². The number of carbonyl (C=O) groups is 1. The Hall–Kier alpha value is -3.67. The van der Waals surface area contributed by atoms with Crippen LogP contribution < -0.4 is 10.1 Å². The molecule has 6 heteroatoms. The van der Waals surface area contributed by atoms with Crippen LogP contribution in [-0.2, 0) is 0 Å². The third-order valence-corrected chi connectivity index (χ3v) is 5.40. The highest BCUT2D eigenvalue weighted by atomic mass is 16.5. The Labute approximate surface area is 174 Å². The highest BCUT2D eigenvalue weighted by Gasteiger charge is 2.29. The lowest BCUT2D eigenvalue weighted by molar-refractivity contribution is 0.102. The van der Waals surface area contributed by atoms with Crippen molar-refractivity contribution in [2.24, 2.45) is 0 Å². The van der Waals surface area contributed by atoms with Crippen molar-refractivity contribution in [2.45, 2.75) is 25.7 Å². The van der Waals surface area contributed by atoms with Crippen molar-refractivity contribution in [3.8, 4) is 11.4 Å². The van der Waals surface area contributed by atoms with Crippen molar-refractivity contribution >= 4 is 22.6 Å². The van der Waals surface area contributed by atoms with Crippen LogP contribution in [0.15, 0.2) is 60.7 Å². The van der Waals surface area contributed by atoms with Gasteiger partial charge >= 0.3 is 0 Å². The number of nitrogens with one attached hydrogen (secondary N) is 1. The number of hydrogen-bond donors (Lipinski definition) is 1. The Balaban J connectivity index is 1.63. The van der Waals surface area contributed by atoms with E-state index in [9.17, 15) is 4.79 Å². The maximum absolute atomic E-state index is 13.3. The number of nitrogens with zero attached hydrogens (tertiary/aromatic N) is 3. The summed E-state index contributed by atoms with van der Waals surface area (Å²) in [6, 6.07) is 19.2. The van der Waals surface area contributed by atoms with Gasteiger partial charge in [0.15, 0.2) is 5.65 Å². The van der Waals surface area contributed by atoms with Crippen LogP contribution in [0.5, 0.6) is 5.75 Å². The Morgan fingerprint density at radius 1 is 1.10 bits per heavy atom. The molecule has 1 saturated carbocycles. The number of rotatable bonds is 5. The molecule has 1 aliphatic carbocycles. The van der Waals surface area contributed by atoms with E-state index in [0.717, 1.165) is 41.0 Å². The maximum Gasteiger partial charge on any atom is 0.256 e. The summed E-state index contributed by atoms with van der Waals surface area (Å²) < 4.78 is 7.10. The second kappa shape index (κ2) is 7.30. The number of para-hydroxylation sites is 1. The fourth-order valence-electron chi connectivity index (χ4n) is 3.72. The predicted octanol–water partition coefficient (Wildman–Crippen LogP) is 4.87. The van der Waals surface area contributed by atoms with Crippen LogP contribution in [0, 0.1) is 6.92 Å². The lowest BCUT2D eigenvalue weighted by atomic mass is 10.1. The zero-order valence-electron chi connectivity index (χ0n) is 16.9. The number of hydrogen-bond acceptors (Lipinski definition) is 4. The van der Waals surface area contributed by atoms with Gasteiger partial charge in [0.25, 0.3) is 5.91 Å². The summed E-state index contributed by atoms with van der Waals surface area (Å²) >= 11 is 0. The minimum atomic E-state index is -0.173. The minimum absolute atomic E-state index is 0.173. The summed E-state index contributed by atoms with van der Waals surface area (Å²) in [5.74, 6) is 0.935. The molecule has 1 fully saturated rings. The Morgan fingerprint density at radius 2 is 1.90 bits per heavy atom. The van der Waals surface area contributed by atoms with Crippen molar-refractivity contribution in [3.05, 3.63) is 77.6 Å². The predicted molar refractivity (Wildman–Crippen MR) is 117 cm³/mol. The zero-order chi connectivity index (χ0) is 20.7. The molecule has 4 aromatic rings. The average molecular weight is 398 g/mol. The lowest BCUT2D eigenvalue weighted by Gasteiger charge is -2.10. The molecule has 30 heavy (non-hydrogen) atoms. The minimum Gasteiger partial charge on any atom is -0.497 e. The van der Waals surface area contributed by atoms with Crippen molar-refractivity contribution in [1.82, 2.24) is 14.8 Å². The van der Waals surface area contributed by atoms with Gasteiger partial charge in [0.1, 0.15) is 5.75 Å². The van der Waals surface area contributed by atoms with Crippen molar-refractivity contribution in [1.29, 1.82) is 0 Å². The first-order valence-electron chi connectivity index (χ1n) is 10.0. The molecule has 0 spiro atoms. The molecule has 1 amide bonds. The van der Waals surface area contributed by atoms with Crippen LogP contribution in [0.25, 0.3) is 16.7 Å². The van der Waals surface area contributed by atoms with Gasteiger partial charge in [-0.25, -0.2) is 9.67 Å². The second-order valence-corrected chi connectivity index (χ2v) is 7.59. The third kappa shape index (κ3) is 3.30.